The lowest BCUT2D eigenvalue weighted by Crippen LogP contribution is -2.34. The van der Waals surface area contributed by atoms with E-state index in [1.165, 1.54) is 0 Å². The predicted molar refractivity (Wildman–Crippen MR) is 83.5 cm³/mol. The number of thiocarbonyl (C=S) groups is 1. The van der Waals surface area contributed by atoms with Gasteiger partial charge in [0, 0.05) is 0 Å². The van der Waals surface area contributed by atoms with Crippen molar-refractivity contribution in [2.75, 3.05) is 0 Å². The van der Waals surface area contributed by atoms with E-state index in [2.05, 4.69) is 10.6 Å². The Labute approximate surface area is 128 Å². The summed E-state index contributed by atoms with van der Waals surface area (Å²) in [6.45, 7) is 3.55. The lowest BCUT2D eigenvalue weighted by Gasteiger charge is -2.07. The zero-order valence-electron chi connectivity index (χ0n) is 11.9. The van der Waals surface area contributed by atoms with Gasteiger partial charge in [-0.15, -0.1) is 0 Å². The van der Waals surface area contributed by atoms with Crippen molar-refractivity contribution in [1.82, 2.24) is 10.6 Å². The number of nitrogens with one attached hydrogen (secondary N) is 2. The van der Waals surface area contributed by atoms with Crippen molar-refractivity contribution in [2.45, 2.75) is 25.9 Å². The molecular weight excluding hydrogens is 290 g/mol. The number of carbonyl (C=O) groups is 2. The molecule has 0 aromatic heterocycles. The molecule has 0 spiro atoms. The van der Waals surface area contributed by atoms with E-state index < -0.39 is 12.0 Å². The second-order valence-corrected chi connectivity index (χ2v) is 5.32. The summed E-state index contributed by atoms with van der Waals surface area (Å²) in [5, 5.41) is 14.1. The molecule has 0 aliphatic carbocycles. The van der Waals surface area contributed by atoms with Crippen LogP contribution < -0.4 is 16.4 Å². The fourth-order valence-corrected chi connectivity index (χ4v) is 1.80. The van der Waals surface area contributed by atoms with Crippen molar-refractivity contribution in [3.8, 4) is 0 Å². The number of hydrogen-bond acceptors (Lipinski definition) is 4. The summed E-state index contributed by atoms with van der Waals surface area (Å²) in [6, 6.07) is 8.45. The number of carbonyl (C=O) groups excluding carboxylic acids is 1. The molecule has 0 bridgehead atoms. The summed E-state index contributed by atoms with van der Waals surface area (Å²) in [4.78, 5) is 21.3. The van der Waals surface area contributed by atoms with Gasteiger partial charge in [0.2, 0.25) is 0 Å². The molecule has 1 unspecified atom stereocenters. The molecule has 1 heterocycles. The molecule has 0 radical (unpaired) electrons. The van der Waals surface area contributed by atoms with E-state index >= 15 is 0 Å². The van der Waals surface area contributed by atoms with E-state index in [0.717, 1.165) is 5.56 Å². The third-order valence-corrected chi connectivity index (χ3v) is 3.13. The van der Waals surface area contributed by atoms with Gasteiger partial charge in [-0.2, -0.15) is 0 Å². The van der Waals surface area contributed by atoms with E-state index in [0.29, 0.717) is 5.11 Å². The Morgan fingerprint density at radius 2 is 1.90 bits per heavy atom. The van der Waals surface area contributed by atoms with Gasteiger partial charge in [-0.05, 0) is 23.7 Å². The molecule has 6 nitrogen and oxygen atoms in total. The summed E-state index contributed by atoms with van der Waals surface area (Å²) < 4.78 is 0. The predicted octanol–water partition coefficient (Wildman–Crippen LogP) is 0.786. The van der Waals surface area contributed by atoms with Gasteiger partial charge in [-0.1, -0.05) is 44.2 Å². The minimum atomic E-state index is -0.931. The van der Waals surface area contributed by atoms with Gasteiger partial charge in [-0.3, -0.25) is 9.59 Å². The van der Waals surface area contributed by atoms with Crippen LogP contribution in [0.3, 0.4) is 0 Å². The maximum absolute atomic E-state index is 11.3. The molecule has 7 heteroatoms. The summed E-state index contributed by atoms with van der Waals surface area (Å²) in [6.07, 6.45) is 0. The van der Waals surface area contributed by atoms with Crippen molar-refractivity contribution < 1.29 is 14.7 Å². The Morgan fingerprint density at radius 1 is 1.33 bits per heavy atom. The number of carboxylic acid groups (broad SMARTS) is 1. The van der Waals surface area contributed by atoms with Gasteiger partial charge in [0.25, 0.3) is 5.91 Å². The highest BCUT2D eigenvalue weighted by molar-refractivity contribution is 7.80. The maximum atomic E-state index is 11.3. The van der Waals surface area contributed by atoms with Crippen molar-refractivity contribution in [3.63, 3.8) is 0 Å². The number of amides is 1. The van der Waals surface area contributed by atoms with Crippen LogP contribution in [0.5, 0.6) is 0 Å². The molecule has 2 atom stereocenters. The molecule has 1 aromatic carbocycles. The van der Waals surface area contributed by atoms with Gasteiger partial charge in [0.05, 0.1) is 0 Å². The largest absolute Gasteiger partial charge is 0.480 e. The standard InChI is InChI=1S/C9H8N2OS.C5H11NO2/c12-8-7(10-9(13)11-8)6-4-2-1-3-5-6;1-3(2)4(6)5(7)8/h1-5,7H,(H2,10,11,12,13);3-4H,6H2,1-2H3,(H,7,8)/t;4-/m.0/s1. The quantitative estimate of drug-likeness (QED) is 0.615. The number of benzene rings is 1. The lowest BCUT2D eigenvalue weighted by molar-refractivity contribution is -0.139. The second kappa shape index (κ2) is 7.70. The van der Waals surface area contributed by atoms with Crippen LogP contribution in [-0.4, -0.2) is 28.1 Å². The first-order valence-corrected chi connectivity index (χ1v) is 6.88. The van der Waals surface area contributed by atoms with Gasteiger partial charge < -0.3 is 21.5 Å². The highest BCUT2D eigenvalue weighted by Crippen LogP contribution is 2.15. The molecule has 1 aromatic rings. The minimum Gasteiger partial charge on any atom is -0.480 e. The molecular formula is C14H19N3O3S. The highest BCUT2D eigenvalue weighted by atomic mass is 32.1. The van der Waals surface area contributed by atoms with E-state index in [9.17, 15) is 9.59 Å². The Balaban J connectivity index is 0.000000240. The van der Waals surface area contributed by atoms with Crippen LogP contribution in [0.2, 0.25) is 0 Å². The Morgan fingerprint density at radius 3 is 2.24 bits per heavy atom. The highest BCUT2D eigenvalue weighted by Gasteiger charge is 2.27. The SMILES string of the molecule is CC(C)[C@H](N)C(=O)O.O=C1NC(=S)NC1c1ccccc1. The van der Waals surface area contributed by atoms with Gasteiger partial charge in [0.15, 0.2) is 5.11 Å². The number of carboxylic acids is 1. The maximum Gasteiger partial charge on any atom is 0.320 e. The summed E-state index contributed by atoms with van der Waals surface area (Å²) in [7, 11) is 0. The third kappa shape index (κ3) is 5.13. The summed E-state index contributed by atoms with van der Waals surface area (Å²) >= 11 is 4.83. The fraction of sp³-hybridized carbons (Fsp3) is 0.357. The number of aliphatic carboxylic acids is 1. The third-order valence-electron chi connectivity index (χ3n) is 2.91. The molecule has 0 saturated carbocycles. The lowest BCUT2D eigenvalue weighted by atomic mass is 10.1. The molecule has 1 saturated heterocycles. The number of nitrogens with two attached hydrogens (primary N) is 1. The smallest absolute Gasteiger partial charge is 0.320 e. The first-order chi connectivity index (χ1) is 9.82. The van der Waals surface area contributed by atoms with Crippen molar-refractivity contribution in [2.24, 2.45) is 11.7 Å². The van der Waals surface area contributed by atoms with Crippen molar-refractivity contribution in [1.29, 1.82) is 0 Å². The summed E-state index contributed by atoms with van der Waals surface area (Å²) in [5.41, 5.74) is 6.09. The Bertz CT molecular complexity index is 519. The zero-order chi connectivity index (χ0) is 16.0. The van der Waals surface area contributed by atoms with Crippen molar-refractivity contribution in [3.05, 3.63) is 35.9 Å². The van der Waals surface area contributed by atoms with Crippen LogP contribution in [0.1, 0.15) is 25.5 Å². The fourth-order valence-electron chi connectivity index (χ4n) is 1.58. The van der Waals surface area contributed by atoms with Gasteiger partial charge in [-0.25, -0.2) is 0 Å². The van der Waals surface area contributed by atoms with Crippen LogP contribution in [0.4, 0.5) is 0 Å². The normalized spacial score (nSPS) is 18.4. The van der Waals surface area contributed by atoms with Crippen LogP contribution >= 0.6 is 12.2 Å². The van der Waals surface area contributed by atoms with Gasteiger partial charge in [0.1, 0.15) is 12.1 Å². The van der Waals surface area contributed by atoms with Crippen LogP contribution in [0, 0.1) is 5.92 Å². The average Bonchev–Trinajstić information content (AvgIpc) is 2.78. The van der Waals surface area contributed by atoms with E-state index in [4.69, 9.17) is 23.1 Å². The van der Waals surface area contributed by atoms with E-state index in [-0.39, 0.29) is 17.9 Å². The second-order valence-electron chi connectivity index (χ2n) is 4.91. The van der Waals surface area contributed by atoms with Crippen LogP contribution in [-0.2, 0) is 9.59 Å². The first kappa shape index (κ1) is 17.1. The molecule has 2 rings (SSSR count). The number of rotatable bonds is 3. The first-order valence-electron chi connectivity index (χ1n) is 6.47. The number of hydrogen-bond donors (Lipinski definition) is 4. The molecule has 1 aliphatic rings. The molecule has 114 valence electrons. The molecule has 1 fully saturated rings. The molecule has 1 amide bonds. The van der Waals surface area contributed by atoms with E-state index in [1.807, 2.05) is 30.3 Å². The zero-order valence-corrected chi connectivity index (χ0v) is 12.7. The monoisotopic (exact) mass is 309 g/mol. The summed E-state index contributed by atoms with van der Waals surface area (Å²) in [5.74, 6) is -0.997. The topological polar surface area (TPSA) is 104 Å². The minimum absolute atomic E-state index is 0.0208. The Hall–Kier alpha value is -1.99. The van der Waals surface area contributed by atoms with Crippen molar-refractivity contribution >= 4 is 29.2 Å². The van der Waals surface area contributed by atoms with E-state index in [1.54, 1.807) is 13.8 Å². The molecule has 21 heavy (non-hydrogen) atoms. The molecule has 5 N–H and O–H groups in total. The van der Waals surface area contributed by atoms with Crippen LogP contribution in [0.15, 0.2) is 30.3 Å². The van der Waals surface area contributed by atoms with Crippen LogP contribution in [0.25, 0.3) is 0 Å². The Kier molecular flexibility index (Phi) is 6.26. The average molecular weight is 309 g/mol. The molecule has 1 aliphatic heterocycles. The van der Waals surface area contributed by atoms with Gasteiger partial charge >= 0.3 is 5.97 Å².